The average Bonchev–Trinajstić information content (AvgIpc) is 3.34. The number of fused-ring (bicyclic) bond motifs is 1. The van der Waals surface area contributed by atoms with Gasteiger partial charge in [-0.05, 0) is 36.6 Å². The number of methoxy groups -OCH3 is 1. The minimum absolute atomic E-state index is 0.182. The normalized spacial score (nSPS) is 18.3. The van der Waals surface area contributed by atoms with Crippen molar-refractivity contribution < 1.29 is 23.3 Å². The lowest BCUT2D eigenvalue weighted by molar-refractivity contribution is 0.0675. The molecule has 144 valence electrons. The summed E-state index contributed by atoms with van der Waals surface area (Å²) in [7, 11) is 1.62. The van der Waals surface area contributed by atoms with Gasteiger partial charge in [0.1, 0.15) is 5.82 Å². The molecule has 2 aliphatic rings. The van der Waals surface area contributed by atoms with Crippen LogP contribution in [0.25, 0.3) is 0 Å². The number of hydrogen-bond acceptors (Lipinski definition) is 5. The quantitative estimate of drug-likeness (QED) is 0.739. The molecule has 1 atom stereocenters. The molecule has 1 saturated heterocycles. The Bertz CT molecular complexity index is 792. The van der Waals surface area contributed by atoms with Crippen LogP contribution in [0.15, 0.2) is 36.4 Å². The Labute approximate surface area is 158 Å². The molecule has 0 radical (unpaired) electrons. The van der Waals surface area contributed by atoms with Crippen molar-refractivity contribution >= 4 is 0 Å². The molecule has 0 N–H and O–H groups in total. The summed E-state index contributed by atoms with van der Waals surface area (Å²) < 4.78 is 36.4. The third-order valence-electron chi connectivity index (χ3n) is 4.96. The van der Waals surface area contributed by atoms with Crippen LogP contribution in [-0.4, -0.2) is 38.1 Å². The molecule has 1 fully saturated rings. The molecule has 4 rings (SSSR count). The lowest BCUT2D eigenvalue weighted by Crippen LogP contribution is -2.31. The van der Waals surface area contributed by atoms with Crippen molar-refractivity contribution in [2.75, 3.05) is 27.1 Å². The molecule has 0 amide bonds. The summed E-state index contributed by atoms with van der Waals surface area (Å²) in [6.07, 6.45) is 2.31. The van der Waals surface area contributed by atoms with Crippen LogP contribution in [0.4, 0.5) is 4.39 Å². The summed E-state index contributed by atoms with van der Waals surface area (Å²) in [5.74, 6) is 1.80. The fraction of sp³-hybridized carbons (Fsp3) is 0.429. The van der Waals surface area contributed by atoms with Crippen molar-refractivity contribution in [3.63, 3.8) is 0 Å². The number of rotatable bonds is 7. The third kappa shape index (κ3) is 4.17. The van der Waals surface area contributed by atoms with E-state index in [2.05, 4.69) is 4.90 Å². The fourth-order valence-corrected chi connectivity index (χ4v) is 3.66. The van der Waals surface area contributed by atoms with Gasteiger partial charge in [-0.3, -0.25) is 4.90 Å². The zero-order valence-electron chi connectivity index (χ0n) is 15.4. The van der Waals surface area contributed by atoms with Crippen LogP contribution in [0.3, 0.4) is 0 Å². The van der Waals surface area contributed by atoms with Gasteiger partial charge in [0.05, 0.1) is 13.2 Å². The highest BCUT2D eigenvalue weighted by atomic mass is 19.1. The standard InChI is InChI=1S/C21H24FNO4/c1-24-19-9-15(10-20-21(19)27-14-26-20)11-23(13-17-6-4-8-25-17)12-16-5-2-3-7-18(16)22/h2-3,5,7,9-10,17H,4,6,8,11-14H2,1H3. The molecule has 2 aromatic carbocycles. The van der Waals surface area contributed by atoms with E-state index in [1.165, 1.54) is 6.07 Å². The van der Waals surface area contributed by atoms with E-state index in [1.807, 2.05) is 24.3 Å². The first-order valence-corrected chi connectivity index (χ1v) is 9.27. The van der Waals surface area contributed by atoms with E-state index in [0.717, 1.165) is 31.6 Å². The molecule has 2 aliphatic heterocycles. The Morgan fingerprint density at radius 1 is 1.19 bits per heavy atom. The first-order valence-electron chi connectivity index (χ1n) is 9.27. The van der Waals surface area contributed by atoms with Gasteiger partial charge in [-0.15, -0.1) is 0 Å². The summed E-state index contributed by atoms with van der Waals surface area (Å²) >= 11 is 0. The number of benzene rings is 2. The van der Waals surface area contributed by atoms with E-state index < -0.39 is 0 Å². The Morgan fingerprint density at radius 3 is 2.85 bits per heavy atom. The van der Waals surface area contributed by atoms with E-state index in [-0.39, 0.29) is 18.7 Å². The van der Waals surface area contributed by atoms with Crippen LogP contribution in [0.1, 0.15) is 24.0 Å². The van der Waals surface area contributed by atoms with Crippen molar-refractivity contribution in [3.05, 3.63) is 53.3 Å². The van der Waals surface area contributed by atoms with E-state index in [0.29, 0.717) is 35.9 Å². The molecule has 0 aliphatic carbocycles. The highest BCUT2D eigenvalue weighted by Crippen LogP contribution is 2.42. The fourth-order valence-electron chi connectivity index (χ4n) is 3.66. The third-order valence-corrected chi connectivity index (χ3v) is 4.96. The molecule has 0 aromatic heterocycles. The summed E-state index contributed by atoms with van der Waals surface area (Å²) in [5.41, 5.74) is 1.72. The van der Waals surface area contributed by atoms with Crippen LogP contribution >= 0.6 is 0 Å². The second kappa shape index (κ2) is 8.15. The van der Waals surface area contributed by atoms with Crippen LogP contribution in [0.5, 0.6) is 17.2 Å². The number of halogens is 1. The molecule has 0 bridgehead atoms. The molecular weight excluding hydrogens is 349 g/mol. The second-order valence-corrected chi connectivity index (χ2v) is 6.93. The maximum absolute atomic E-state index is 14.2. The minimum atomic E-state index is -0.182. The van der Waals surface area contributed by atoms with E-state index in [9.17, 15) is 4.39 Å². The van der Waals surface area contributed by atoms with Gasteiger partial charge in [0, 0.05) is 31.8 Å². The highest BCUT2D eigenvalue weighted by Gasteiger charge is 2.23. The lowest BCUT2D eigenvalue weighted by Gasteiger charge is -2.26. The van der Waals surface area contributed by atoms with E-state index >= 15 is 0 Å². The van der Waals surface area contributed by atoms with Gasteiger partial charge in [0.2, 0.25) is 12.5 Å². The van der Waals surface area contributed by atoms with E-state index in [4.69, 9.17) is 18.9 Å². The first kappa shape index (κ1) is 18.1. The summed E-state index contributed by atoms with van der Waals surface area (Å²) in [4.78, 5) is 2.21. The number of hydrogen-bond donors (Lipinski definition) is 0. The van der Waals surface area contributed by atoms with Crippen LogP contribution < -0.4 is 14.2 Å². The molecule has 5 nitrogen and oxygen atoms in total. The molecule has 2 aromatic rings. The summed E-state index contributed by atoms with van der Waals surface area (Å²) in [6, 6.07) is 10.8. The molecule has 1 unspecified atom stereocenters. The van der Waals surface area contributed by atoms with Crippen LogP contribution in [0.2, 0.25) is 0 Å². The van der Waals surface area contributed by atoms with Gasteiger partial charge in [0.15, 0.2) is 11.5 Å². The number of ether oxygens (including phenoxy) is 4. The molecule has 0 spiro atoms. The zero-order valence-corrected chi connectivity index (χ0v) is 15.4. The Balaban J connectivity index is 1.56. The molecule has 2 heterocycles. The van der Waals surface area contributed by atoms with Gasteiger partial charge in [0.25, 0.3) is 0 Å². The summed E-state index contributed by atoms with van der Waals surface area (Å²) in [6.45, 7) is 2.91. The van der Waals surface area contributed by atoms with Crippen molar-refractivity contribution in [1.29, 1.82) is 0 Å². The van der Waals surface area contributed by atoms with Crippen molar-refractivity contribution in [2.24, 2.45) is 0 Å². The monoisotopic (exact) mass is 373 g/mol. The van der Waals surface area contributed by atoms with Crippen LogP contribution in [-0.2, 0) is 17.8 Å². The SMILES string of the molecule is COc1cc(CN(Cc2ccccc2F)CC2CCCO2)cc2c1OCO2. The van der Waals surface area contributed by atoms with Gasteiger partial charge < -0.3 is 18.9 Å². The van der Waals surface area contributed by atoms with E-state index in [1.54, 1.807) is 13.2 Å². The van der Waals surface area contributed by atoms with Crippen LogP contribution in [0, 0.1) is 5.82 Å². The largest absolute Gasteiger partial charge is 0.493 e. The predicted octanol–water partition coefficient (Wildman–Crippen LogP) is 3.74. The molecular formula is C21H24FNO4. The second-order valence-electron chi connectivity index (χ2n) is 6.93. The molecule has 0 saturated carbocycles. The molecule has 6 heteroatoms. The van der Waals surface area contributed by atoms with Crippen molar-refractivity contribution in [3.8, 4) is 17.2 Å². The van der Waals surface area contributed by atoms with Gasteiger partial charge in [-0.2, -0.15) is 0 Å². The summed E-state index contributed by atoms with van der Waals surface area (Å²) in [5, 5.41) is 0. The number of nitrogens with zero attached hydrogens (tertiary/aromatic N) is 1. The van der Waals surface area contributed by atoms with Crippen molar-refractivity contribution in [1.82, 2.24) is 4.90 Å². The zero-order chi connectivity index (χ0) is 18.6. The topological polar surface area (TPSA) is 40.2 Å². The van der Waals surface area contributed by atoms with Gasteiger partial charge in [-0.25, -0.2) is 4.39 Å². The lowest BCUT2D eigenvalue weighted by atomic mass is 10.1. The smallest absolute Gasteiger partial charge is 0.231 e. The Morgan fingerprint density at radius 2 is 2.07 bits per heavy atom. The molecule has 27 heavy (non-hydrogen) atoms. The highest BCUT2D eigenvalue weighted by molar-refractivity contribution is 5.55. The maximum atomic E-state index is 14.2. The van der Waals surface area contributed by atoms with Gasteiger partial charge in [-0.1, -0.05) is 18.2 Å². The maximum Gasteiger partial charge on any atom is 0.231 e. The minimum Gasteiger partial charge on any atom is -0.493 e. The van der Waals surface area contributed by atoms with Gasteiger partial charge >= 0.3 is 0 Å². The van der Waals surface area contributed by atoms with Crippen molar-refractivity contribution in [2.45, 2.75) is 32.0 Å². The predicted molar refractivity (Wildman–Crippen MR) is 98.6 cm³/mol. The Kier molecular flexibility index (Phi) is 5.45. The Hall–Kier alpha value is -2.31. The first-order chi connectivity index (χ1) is 13.2. The average molecular weight is 373 g/mol.